The molecule has 2 aromatic carbocycles. The van der Waals surface area contributed by atoms with E-state index < -0.39 is 31.5 Å². The highest BCUT2D eigenvalue weighted by atomic mass is 32.2. The van der Waals surface area contributed by atoms with Crippen molar-refractivity contribution < 1.29 is 22.9 Å². The van der Waals surface area contributed by atoms with Gasteiger partial charge in [0.25, 0.3) is 15.7 Å². The molecule has 150 valence electrons. The highest BCUT2D eigenvalue weighted by Crippen LogP contribution is 2.28. The number of nitrogens with one attached hydrogen (secondary N) is 1. The Balaban J connectivity index is 2.13. The van der Waals surface area contributed by atoms with Crippen molar-refractivity contribution in [1.82, 2.24) is 9.78 Å². The van der Waals surface area contributed by atoms with Crippen molar-refractivity contribution >= 4 is 27.5 Å². The molecule has 0 bridgehead atoms. The molecule has 11 heteroatoms. The minimum absolute atomic E-state index is 0.0751. The third kappa shape index (κ3) is 4.09. The maximum absolute atomic E-state index is 12.9. The molecule has 0 fully saturated rings. The van der Waals surface area contributed by atoms with E-state index in [9.17, 15) is 23.3 Å². The van der Waals surface area contributed by atoms with Gasteiger partial charge < -0.3 is 4.74 Å². The van der Waals surface area contributed by atoms with Gasteiger partial charge in [0.05, 0.1) is 23.4 Å². The van der Waals surface area contributed by atoms with Gasteiger partial charge in [-0.25, -0.2) is 17.9 Å². The Morgan fingerprint density at radius 3 is 2.48 bits per heavy atom. The van der Waals surface area contributed by atoms with E-state index in [1.165, 1.54) is 23.0 Å². The molecule has 3 aromatic rings. The highest BCUT2D eigenvalue weighted by Gasteiger charge is 2.29. The van der Waals surface area contributed by atoms with E-state index in [-0.39, 0.29) is 18.0 Å². The van der Waals surface area contributed by atoms with Crippen LogP contribution in [0.1, 0.15) is 17.3 Å². The Morgan fingerprint density at radius 1 is 1.17 bits per heavy atom. The van der Waals surface area contributed by atoms with Crippen molar-refractivity contribution in [1.29, 1.82) is 0 Å². The van der Waals surface area contributed by atoms with E-state index in [1.54, 1.807) is 37.3 Å². The van der Waals surface area contributed by atoms with Crippen molar-refractivity contribution in [2.24, 2.45) is 0 Å². The van der Waals surface area contributed by atoms with Gasteiger partial charge in [-0.2, -0.15) is 5.10 Å². The van der Waals surface area contributed by atoms with Crippen LogP contribution < -0.4 is 4.72 Å². The minimum Gasteiger partial charge on any atom is -0.462 e. The van der Waals surface area contributed by atoms with Gasteiger partial charge in [0.2, 0.25) is 0 Å². The Labute approximate surface area is 165 Å². The Morgan fingerprint density at radius 2 is 1.83 bits per heavy atom. The van der Waals surface area contributed by atoms with Crippen molar-refractivity contribution in [2.45, 2.75) is 11.8 Å². The van der Waals surface area contributed by atoms with Crippen LogP contribution in [-0.2, 0) is 14.8 Å². The van der Waals surface area contributed by atoms with Crippen LogP contribution in [0.25, 0.3) is 5.69 Å². The number of para-hydroxylation sites is 2. The minimum atomic E-state index is -4.42. The molecule has 0 unspecified atom stereocenters. The van der Waals surface area contributed by atoms with E-state index in [0.29, 0.717) is 5.69 Å². The normalized spacial score (nSPS) is 11.1. The molecule has 1 aromatic heterocycles. The van der Waals surface area contributed by atoms with Gasteiger partial charge in [-0.15, -0.1) is 0 Å². The standard InChI is InChI=1S/C18H16N4O6S/c1-2-28-18(23)14-12-19-21(13-8-4-3-5-9-13)17(14)20-29(26,27)16-11-7-6-10-15(16)22(24)25/h3-12,20H,2H2,1H3. The van der Waals surface area contributed by atoms with Crippen LogP contribution in [0.15, 0.2) is 65.7 Å². The van der Waals surface area contributed by atoms with Crippen molar-refractivity contribution in [3.8, 4) is 5.69 Å². The van der Waals surface area contributed by atoms with Gasteiger partial charge in [0.15, 0.2) is 10.7 Å². The summed E-state index contributed by atoms with van der Waals surface area (Å²) in [7, 11) is -4.42. The number of rotatable bonds is 7. The lowest BCUT2D eigenvalue weighted by Gasteiger charge is -2.12. The summed E-state index contributed by atoms with van der Waals surface area (Å²) in [5, 5.41) is 15.3. The van der Waals surface area contributed by atoms with Crippen LogP contribution in [0.2, 0.25) is 0 Å². The predicted octanol–water partition coefficient (Wildman–Crippen LogP) is 2.76. The predicted molar refractivity (Wildman–Crippen MR) is 103 cm³/mol. The molecule has 0 amide bonds. The van der Waals surface area contributed by atoms with Crippen LogP contribution >= 0.6 is 0 Å². The second kappa shape index (κ2) is 8.10. The number of aromatic nitrogens is 2. The highest BCUT2D eigenvalue weighted by molar-refractivity contribution is 7.92. The lowest BCUT2D eigenvalue weighted by molar-refractivity contribution is -0.387. The topological polar surface area (TPSA) is 133 Å². The average molecular weight is 416 g/mol. The zero-order valence-corrected chi connectivity index (χ0v) is 16.0. The number of nitro groups is 1. The summed E-state index contributed by atoms with van der Waals surface area (Å²) in [6, 6.07) is 13.4. The number of benzene rings is 2. The molecule has 0 aliphatic rings. The summed E-state index contributed by atoms with van der Waals surface area (Å²) in [4.78, 5) is 22.2. The summed E-state index contributed by atoms with van der Waals surface area (Å²) >= 11 is 0. The van der Waals surface area contributed by atoms with Crippen LogP contribution in [-0.4, -0.2) is 35.7 Å². The molecular formula is C18H16N4O6S. The van der Waals surface area contributed by atoms with Crippen molar-refractivity contribution in [3.63, 3.8) is 0 Å². The first-order chi connectivity index (χ1) is 13.8. The van der Waals surface area contributed by atoms with Gasteiger partial charge in [-0.1, -0.05) is 30.3 Å². The fourth-order valence-corrected chi connectivity index (χ4v) is 3.82. The Bertz CT molecular complexity index is 1160. The molecule has 1 heterocycles. The third-order valence-corrected chi connectivity index (χ3v) is 5.23. The molecule has 1 N–H and O–H groups in total. The quantitative estimate of drug-likeness (QED) is 0.355. The van der Waals surface area contributed by atoms with Crippen LogP contribution in [0, 0.1) is 10.1 Å². The van der Waals surface area contributed by atoms with Crippen molar-refractivity contribution in [2.75, 3.05) is 11.3 Å². The number of sulfonamides is 1. The van der Waals surface area contributed by atoms with E-state index >= 15 is 0 Å². The van der Waals surface area contributed by atoms with Gasteiger partial charge in [0.1, 0.15) is 5.56 Å². The second-order valence-electron chi connectivity index (χ2n) is 5.71. The zero-order chi connectivity index (χ0) is 21.0. The van der Waals surface area contributed by atoms with E-state index in [0.717, 1.165) is 12.1 Å². The maximum Gasteiger partial charge on any atom is 0.343 e. The molecule has 0 radical (unpaired) electrons. The number of nitrogens with zero attached hydrogens (tertiary/aromatic N) is 3. The van der Waals surface area contributed by atoms with Gasteiger partial charge in [-0.05, 0) is 25.1 Å². The van der Waals surface area contributed by atoms with E-state index in [2.05, 4.69) is 9.82 Å². The molecule has 0 aliphatic carbocycles. The zero-order valence-electron chi connectivity index (χ0n) is 15.2. The summed E-state index contributed by atoms with van der Waals surface area (Å²) in [6.07, 6.45) is 1.17. The third-order valence-electron chi connectivity index (χ3n) is 3.85. The maximum atomic E-state index is 12.9. The number of carbonyl (C=O) groups is 1. The molecule has 0 saturated carbocycles. The first-order valence-corrected chi connectivity index (χ1v) is 9.90. The molecule has 3 rings (SSSR count). The Hall–Kier alpha value is -3.73. The smallest absolute Gasteiger partial charge is 0.343 e. The van der Waals surface area contributed by atoms with Gasteiger partial charge in [0, 0.05) is 6.07 Å². The lowest BCUT2D eigenvalue weighted by atomic mass is 10.3. The van der Waals surface area contributed by atoms with Crippen molar-refractivity contribution in [3.05, 3.63) is 76.5 Å². The number of ether oxygens (including phenoxy) is 1. The molecule has 10 nitrogen and oxygen atoms in total. The van der Waals surface area contributed by atoms with Gasteiger partial charge >= 0.3 is 5.97 Å². The molecular weight excluding hydrogens is 400 g/mol. The summed E-state index contributed by atoms with van der Waals surface area (Å²) in [5.74, 6) is -0.970. The number of anilines is 1. The van der Waals surface area contributed by atoms with Crippen LogP contribution in [0.3, 0.4) is 0 Å². The molecule has 0 saturated heterocycles. The van der Waals surface area contributed by atoms with E-state index in [1.807, 2.05) is 0 Å². The molecule has 29 heavy (non-hydrogen) atoms. The van der Waals surface area contributed by atoms with Crippen LogP contribution in [0.5, 0.6) is 0 Å². The molecule has 0 spiro atoms. The first-order valence-electron chi connectivity index (χ1n) is 8.42. The fraction of sp³-hybridized carbons (Fsp3) is 0.111. The molecule has 0 atom stereocenters. The summed E-state index contributed by atoms with van der Waals surface area (Å²) in [6.45, 7) is 1.68. The monoisotopic (exact) mass is 416 g/mol. The van der Waals surface area contributed by atoms with Crippen LogP contribution in [0.4, 0.5) is 11.5 Å². The fourth-order valence-electron chi connectivity index (χ4n) is 2.59. The largest absolute Gasteiger partial charge is 0.462 e. The Kier molecular flexibility index (Phi) is 5.59. The summed E-state index contributed by atoms with van der Waals surface area (Å²) < 4.78 is 34.3. The number of hydrogen-bond acceptors (Lipinski definition) is 7. The SMILES string of the molecule is CCOC(=O)c1cnn(-c2ccccc2)c1NS(=O)(=O)c1ccccc1[N+](=O)[O-]. The second-order valence-corrected chi connectivity index (χ2v) is 7.36. The number of nitro benzene ring substituents is 1. The number of carbonyl (C=O) groups excluding carboxylic acids is 1. The lowest BCUT2D eigenvalue weighted by Crippen LogP contribution is -2.19. The molecule has 0 aliphatic heterocycles. The summed E-state index contributed by atoms with van der Waals surface area (Å²) in [5.41, 5.74) is -0.246. The average Bonchev–Trinajstić information content (AvgIpc) is 3.11. The number of esters is 1. The first kappa shape index (κ1) is 20.0. The van der Waals surface area contributed by atoms with E-state index in [4.69, 9.17) is 4.74 Å². The number of hydrogen-bond donors (Lipinski definition) is 1. The van der Waals surface area contributed by atoms with Gasteiger partial charge in [-0.3, -0.25) is 14.8 Å².